The Morgan fingerprint density at radius 3 is 2.60 bits per heavy atom. The molecule has 2 aromatic rings. The zero-order valence-electron chi connectivity index (χ0n) is 7.30. The van der Waals surface area contributed by atoms with E-state index >= 15 is 0 Å². The smallest absolute Gasteiger partial charge is 0.180 e. The number of nitrogens with zero attached hydrogens (tertiary/aromatic N) is 1. The van der Waals surface area contributed by atoms with Gasteiger partial charge in [-0.15, -0.1) is 0 Å². The summed E-state index contributed by atoms with van der Waals surface area (Å²) in [7, 11) is 0. The number of nitrogen functional groups attached to an aromatic ring is 1. The fourth-order valence-corrected chi connectivity index (χ4v) is 2.17. The van der Waals surface area contributed by atoms with Gasteiger partial charge in [0.25, 0.3) is 0 Å². The minimum atomic E-state index is -0.631. The molecule has 0 aliphatic rings. The van der Waals surface area contributed by atoms with E-state index in [4.69, 9.17) is 5.73 Å². The Balaban J connectivity index is 2.58. The van der Waals surface area contributed by atoms with Crippen molar-refractivity contribution in [3.05, 3.63) is 34.4 Å². The van der Waals surface area contributed by atoms with Crippen molar-refractivity contribution in [2.75, 3.05) is 5.73 Å². The maximum absolute atomic E-state index is 13.4. The maximum atomic E-state index is 13.4. The Morgan fingerprint density at radius 2 is 2.00 bits per heavy atom. The molecule has 0 bridgehead atoms. The molecule has 0 spiro atoms. The Hall–Kier alpha value is -1.01. The molecule has 0 atom stereocenters. The molecule has 0 saturated carbocycles. The molecular formula is C9H5BrF2N2S. The lowest BCUT2D eigenvalue weighted by Gasteiger charge is -2.01. The molecule has 0 aliphatic heterocycles. The second kappa shape index (κ2) is 3.86. The number of benzene rings is 1. The molecular weight excluding hydrogens is 286 g/mol. The van der Waals surface area contributed by atoms with Gasteiger partial charge >= 0.3 is 0 Å². The second-order valence-electron chi connectivity index (χ2n) is 2.81. The molecule has 0 amide bonds. The first-order valence-electron chi connectivity index (χ1n) is 3.94. The first kappa shape index (κ1) is 10.5. The van der Waals surface area contributed by atoms with Crippen LogP contribution in [0.25, 0.3) is 10.4 Å². The number of thiazole rings is 1. The third-order valence-corrected chi connectivity index (χ3v) is 3.27. The van der Waals surface area contributed by atoms with E-state index in [1.54, 1.807) is 0 Å². The van der Waals surface area contributed by atoms with Crippen LogP contribution in [0.4, 0.5) is 13.9 Å². The number of aromatic nitrogens is 1. The summed E-state index contributed by atoms with van der Waals surface area (Å²) in [5, 5.41) is 0.352. The van der Waals surface area contributed by atoms with Crippen molar-refractivity contribution < 1.29 is 8.78 Å². The molecule has 78 valence electrons. The van der Waals surface area contributed by atoms with Gasteiger partial charge in [-0.1, -0.05) is 11.3 Å². The van der Waals surface area contributed by atoms with Crippen LogP contribution < -0.4 is 5.73 Å². The molecule has 6 heteroatoms. The number of halogens is 3. The molecule has 2 N–H and O–H groups in total. The van der Waals surface area contributed by atoms with Crippen molar-refractivity contribution in [1.82, 2.24) is 4.98 Å². The molecule has 1 aromatic carbocycles. The lowest BCUT2D eigenvalue weighted by atomic mass is 10.2. The van der Waals surface area contributed by atoms with Gasteiger partial charge < -0.3 is 5.73 Å². The highest BCUT2D eigenvalue weighted by Crippen LogP contribution is 2.32. The fourth-order valence-electron chi connectivity index (χ4n) is 1.12. The third-order valence-electron chi connectivity index (χ3n) is 1.80. The monoisotopic (exact) mass is 290 g/mol. The summed E-state index contributed by atoms with van der Waals surface area (Å²) < 4.78 is 26.6. The van der Waals surface area contributed by atoms with Gasteiger partial charge in [-0.25, -0.2) is 13.8 Å². The summed E-state index contributed by atoms with van der Waals surface area (Å²) in [5.41, 5.74) is 5.72. The number of rotatable bonds is 1. The molecule has 0 aliphatic carbocycles. The van der Waals surface area contributed by atoms with E-state index in [0.29, 0.717) is 10.0 Å². The van der Waals surface area contributed by atoms with Crippen molar-refractivity contribution in [2.24, 2.45) is 0 Å². The summed E-state index contributed by atoms with van der Waals surface area (Å²) in [5.74, 6) is -1.26. The number of nitrogens with two attached hydrogens (primary N) is 1. The van der Waals surface area contributed by atoms with E-state index in [1.165, 1.54) is 12.3 Å². The minimum absolute atomic E-state index is 0.214. The van der Waals surface area contributed by atoms with E-state index < -0.39 is 11.6 Å². The SMILES string of the molecule is Nc1ncc(-c2cc(Br)c(F)cc2F)s1. The van der Waals surface area contributed by atoms with Gasteiger partial charge in [-0.3, -0.25) is 0 Å². The lowest BCUT2D eigenvalue weighted by Crippen LogP contribution is -1.86. The van der Waals surface area contributed by atoms with Gasteiger partial charge in [0.2, 0.25) is 0 Å². The topological polar surface area (TPSA) is 38.9 Å². The molecule has 0 radical (unpaired) electrons. The first-order valence-corrected chi connectivity index (χ1v) is 5.55. The van der Waals surface area contributed by atoms with E-state index in [-0.39, 0.29) is 10.0 Å². The predicted octanol–water partition coefficient (Wildman–Crippen LogP) is 3.43. The summed E-state index contributed by atoms with van der Waals surface area (Å²) in [4.78, 5) is 4.38. The highest BCUT2D eigenvalue weighted by molar-refractivity contribution is 9.10. The van der Waals surface area contributed by atoms with Crippen molar-refractivity contribution >= 4 is 32.4 Å². The van der Waals surface area contributed by atoms with Crippen LogP contribution in [-0.2, 0) is 0 Å². The van der Waals surface area contributed by atoms with Crippen LogP contribution in [0.5, 0.6) is 0 Å². The molecule has 1 aromatic heterocycles. The average Bonchev–Trinajstić information content (AvgIpc) is 2.58. The zero-order valence-corrected chi connectivity index (χ0v) is 9.70. The molecule has 0 saturated heterocycles. The quantitative estimate of drug-likeness (QED) is 0.817. The predicted molar refractivity (Wildman–Crippen MR) is 59.6 cm³/mol. The second-order valence-corrected chi connectivity index (χ2v) is 4.73. The normalized spacial score (nSPS) is 10.6. The van der Waals surface area contributed by atoms with Gasteiger partial charge in [0, 0.05) is 17.8 Å². The Bertz CT molecular complexity index is 513. The Morgan fingerprint density at radius 1 is 1.27 bits per heavy atom. The van der Waals surface area contributed by atoms with Crippen LogP contribution in [-0.4, -0.2) is 4.98 Å². The van der Waals surface area contributed by atoms with Crippen molar-refractivity contribution in [3.63, 3.8) is 0 Å². The van der Waals surface area contributed by atoms with Crippen molar-refractivity contribution in [2.45, 2.75) is 0 Å². The van der Waals surface area contributed by atoms with Crippen LogP contribution in [0, 0.1) is 11.6 Å². The van der Waals surface area contributed by atoms with Crippen LogP contribution >= 0.6 is 27.3 Å². The minimum Gasteiger partial charge on any atom is -0.375 e. The van der Waals surface area contributed by atoms with Gasteiger partial charge in [-0.2, -0.15) is 0 Å². The number of hydrogen-bond donors (Lipinski definition) is 1. The molecule has 15 heavy (non-hydrogen) atoms. The standard InChI is InChI=1S/C9H5BrF2N2S/c10-5-1-4(6(11)2-7(5)12)8-3-14-9(13)15-8/h1-3H,(H2,13,14). The van der Waals surface area contributed by atoms with Gasteiger partial charge in [0.05, 0.1) is 9.35 Å². The van der Waals surface area contributed by atoms with Gasteiger partial charge in [-0.05, 0) is 22.0 Å². The zero-order chi connectivity index (χ0) is 11.0. The number of anilines is 1. The van der Waals surface area contributed by atoms with Gasteiger partial charge in [0.15, 0.2) is 5.13 Å². The van der Waals surface area contributed by atoms with Crippen LogP contribution in [0.1, 0.15) is 0 Å². The van der Waals surface area contributed by atoms with Crippen molar-refractivity contribution in [1.29, 1.82) is 0 Å². The largest absolute Gasteiger partial charge is 0.375 e. The highest BCUT2D eigenvalue weighted by atomic mass is 79.9. The van der Waals surface area contributed by atoms with E-state index in [2.05, 4.69) is 20.9 Å². The third kappa shape index (κ3) is 2.00. The maximum Gasteiger partial charge on any atom is 0.180 e. The molecule has 2 rings (SSSR count). The van der Waals surface area contributed by atoms with Crippen molar-refractivity contribution in [3.8, 4) is 10.4 Å². The molecule has 2 nitrogen and oxygen atoms in total. The Labute approximate surface area is 96.9 Å². The molecule has 0 fully saturated rings. The van der Waals surface area contributed by atoms with Crippen LogP contribution in [0.2, 0.25) is 0 Å². The van der Waals surface area contributed by atoms with Gasteiger partial charge in [0.1, 0.15) is 11.6 Å². The summed E-state index contributed by atoms with van der Waals surface area (Å²) in [6, 6.07) is 2.20. The average molecular weight is 291 g/mol. The summed E-state index contributed by atoms with van der Waals surface area (Å²) in [6.45, 7) is 0. The number of hydrogen-bond acceptors (Lipinski definition) is 3. The fraction of sp³-hybridized carbons (Fsp3) is 0. The summed E-state index contributed by atoms with van der Waals surface area (Å²) in [6.07, 6.45) is 1.46. The summed E-state index contributed by atoms with van der Waals surface area (Å²) >= 11 is 4.15. The molecule has 1 heterocycles. The van der Waals surface area contributed by atoms with E-state index in [9.17, 15) is 8.78 Å². The highest BCUT2D eigenvalue weighted by Gasteiger charge is 2.12. The first-order chi connectivity index (χ1) is 7.08. The lowest BCUT2D eigenvalue weighted by molar-refractivity contribution is 0.581. The van der Waals surface area contributed by atoms with E-state index in [0.717, 1.165) is 17.4 Å². The van der Waals surface area contributed by atoms with Crippen LogP contribution in [0.3, 0.4) is 0 Å². The van der Waals surface area contributed by atoms with Crippen LogP contribution in [0.15, 0.2) is 22.8 Å². The van der Waals surface area contributed by atoms with E-state index in [1.807, 2.05) is 0 Å². The Kier molecular flexibility index (Phi) is 2.70. The molecule has 0 unspecified atom stereocenters.